The molecule has 1 N–H and O–H groups in total. The summed E-state index contributed by atoms with van der Waals surface area (Å²) in [5, 5.41) is 11.4. The van der Waals surface area contributed by atoms with Crippen LogP contribution < -0.4 is 5.32 Å². The van der Waals surface area contributed by atoms with Crippen molar-refractivity contribution in [3.8, 4) is 6.07 Å². The molecule has 2 aliphatic rings. The number of hydrogen-bond donors (Lipinski definition) is 1. The molecule has 0 bridgehead atoms. The number of nitriles is 1. The number of hydrogen-bond acceptors (Lipinski definition) is 3. The second-order valence-electron chi connectivity index (χ2n) is 6.66. The Hall–Kier alpha value is -1.29. The second kappa shape index (κ2) is 8.00. The van der Waals surface area contributed by atoms with Crippen molar-refractivity contribution in [2.45, 2.75) is 44.7 Å². The molecule has 2 fully saturated rings. The maximum absolute atomic E-state index is 13.1. The smallest absolute Gasteiger partial charge is 0.356 e. The predicted octanol–water partition coefficient (Wildman–Crippen LogP) is 2.71. The van der Waals surface area contributed by atoms with E-state index in [9.17, 15) is 18.0 Å². The van der Waals surface area contributed by atoms with Crippen molar-refractivity contribution < 1.29 is 18.0 Å². The molecule has 0 aromatic heterocycles. The standard InChI is InChI=1S/C16H24F3N3O/c17-16(18,19)14-4-2-1-3-13(14)15(23)21-11-12-5-8-22(9-6-12)10-7-20/h12-14H,1-6,8-11H2,(H,21,23)/t13-,14-/m1/s1. The van der Waals surface area contributed by atoms with Gasteiger partial charge in [0.15, 0.2) is 0 Å². The van der Waals surface area contributed by atoms with Crippen LogP contribution in [0.4, 0.5) is 13.2 Å². The maximum Gasteiger partial charge on any atom is 0.392 e. The Morgan fingerprint density at radius 2 is 1.83 bits per heavy atom. The fourth-order valence-electron chi connectivity index (χ4n) is 3.66. The summed E-state index contributed by atoms with van der Waals surface area (Å²) in [6.45, 7) is 2.47. The largest absolute Gasteiger partial charge is 0.392 e. The molecule has 0 radical (unpaired) electrons. The molecule has 2 rings (SSSR count). The number of alkyl halides is 3. The molecule has 4 nitrogen and oxygen atoms in total. The molecule has 1 saturated heterocycles. The minimum Gasteiger partial charge on any atom is -0.356 e. The van der Waals surface area contributed by atoms with Crippen LogP contribution in [0.5, 0.6) is 0 Å². The van der Waals surface area contributed by atoms with E-state index in [0.717, 1.165) is 25.9 Å². The van der Waals surface area contributed by atoms with Crippen molar-refractivity contribution in [2.75, 3.05) is 26.2 Å². The Balaban J connectivity index is 1.79. The van der Waals surface area contributed by atoms with Crippen LogP contribution in [0.15, 0.2) is 0 Å². The number of rotatable bonds is 4. The topological polar surface area (TPSA) is 56.1 Å². The molecule has 1 aliphatic heterocycles. The highest BCUT2D eigenvalue weighted by molar-refractivity contribution is 5.79. The number of likely N-dealkylation sites (tertiary alicyclic amines) is 1. The Morgan fingerprint density at radius 3 is 2.43 bits per heavy atom. The number of amides is 1. The zero-order valence-corrected chi connectivity index (χ0v) is 13.2. The first-order valence-electron chi connectivity index (χ1n) is 8.35. The average molecular weight is 331 g/mol. The van der Waals surface area contributed by atoms with Crippen molar-refractivity contribution in [3.63, 3.8) is 0 Å². The Kier molecular flexibility index (Phi) is 6.28. The van der Waals surface area contributed by atoms with Crippen molar-refractivity contribution in [1.82, 2.24) is 10.2 Å². The lowest BCUT2D eigenvalue weighted by Gasteiger charge is -2.33. The Morgan fingerprint density at radius 1 is 1.17 bits per heavy atom. The fourth-order valence-corrected chi connectivity index (χ4v) is 3.66. The van der Waals surface area contributed by atoms with Gasteiger partial charge in [0.05, 0.1) is 18.5 Å². The van der Waals surface area contributed by atoms with Gasteiger partial charge in [0, 0.05) is 12.5 Å². The van der Waals surface area contributed by atoms with Gasteiger partial charge in [0.2, 0.25) is 5.91 Å². The quantitative estimate of drug-likeness (QED) is 0.806. The maximum atomic E-state index is 13.1. The van der Waals surface area contributed by atoms with Gasteiger partial charge in [-0.05, 0) is 44.7 Å². The van der Waals surface area contributed by atoms with Gasteiger partial charge in [0.25, 0.3) is 0 Å². The monoisotopic (exact) mass is 331 g/mol. The van der Waals surface area contributed by atoms with Gasteiger partial charge >= 0.3 is 6.18 Å². The molecule has 7 heteroatoms. The molecule has 1 aliphatic carbocycles. The number of piperidine rings is 1. The summed E-state index contributed by atoms with van der Waals surface area (Å²) in [6, 6.07) is 2.11. The van der Waals surface area contributed by atoms with Gasteiger partial charge < -0.3 is 5.32 Å². The molecule has 0 spiro atoms. The van der Waals surface area contributed by atoms with Crippen molar-refractivity contribution in [2.24, 2.45) is 17.8 Å². The molecule has 2 atom stereocenters. The Bertz CT molecular complexity index is 439. The molecule has 1 amide bonds. The van der Waals surface area contributed by atoms with E-state index in [-0.39, 0.29) is 6.42 Å². The van der Waals surface area contributed by atoms with Crippen molar-refractivity contribution in [1.29, 1.82) is 5.26 Å². The first-order valence-corrected chi connectivity index (χ1v) is 8.35. The first-order chi connectivity index (χ1) is 10.9. The number of carbonyl (C=O) groups is 1. The first kappa shape index (κ1) is 18.1. The molecular formula is C16H24F3N3O. The third-order valence-corrected chi connectivity index (χ3v) is 5.09. The summed E-state index contributed by atoms with van der Waals surface area (Å²) >= 11 is 0. The average Bonchev–Trinajstić information content (AvgIpc) is 2.53. The second-order valence-corrected chi connectivity index (χ2v) is 6.66. The summed E-state index contributed by atoms with van der Waals surface area (Å²) in [5.41, 5.74) is 0. The lowest BCUT2D eigenvalue weighted by atomic mass is 9.78. The van der Waals surface area contributed by atoms with E-state index < -0.39 is 23.9 Å². The van der Waals surface area contributed by atoms with E-state index >= 15 is 0 Å². The third-order valence-electron chi connectivity index (χ3n) is 5.09. The zero-order chi connectivity index (χ0) is 16.9. The van der Waals surface area contributed by atoms with Gasteiger partial charge in [0.1, 0.15) is 0 Å². The lowest BCUT2D eigenvalue weighted by molar-refractivity contribution is -0.198. The van der Waals surface area contributed by atoms with Crippen LogP contribution >= 0.6 is 0 Å². The van der Waals surface area contributed by atoms with Crippen LogP contribution in [-0.4, -0.2) is 43.2 Å². The molecule has 0 aromatic rings. The van der Waals surface area contributed by atoms with Gasteiger partial charge in [-0.3, -0.25) is 9.69 Å². The molecule has 0 unspecified atom stereocenters. The van der Waals surface area contributed by atoms with Crippen molar-refractivity contribution in [3.05, 3.63) is 0 Å². The summed E-state index contributed by atoms with van der Waals surface area (Å²) in [5.74, 6) is -2.57. The number of nitrogens with one attached hydrogen (secondary N) is 1. The normalized spacial score (nSPS) is 27.4. The van der Waals surface area contributed by atoms with E-state index in [1.165, 1.54) is 0 Å². The van der Waals surface area contributed by atoms with Crippen molar-refractivity contribution >= 4 is 5.91 Å². The third kappa shape index (κ3) is 5.10. The molecule has 1 heterocycles. The summed E-state index contributed by atoms with van der Waals surface area (Å²) < 4.78 is 39.2. The number of carbonyl (C=O) groups excluding carboxylic acids is 1. The van der Waals surface area contributed by atoms with Crippen LogP contribution in [0.1, 0.15) is 38.5 Å². The fraction of sp³-hybridized carbons (Fsp3) is 0.875. The predicted molar refractivity (Wildman–Crippen MR) is 79.3 cm³/mol. The van der Waals surface area contributed by atoms with Gasteiger partial charge in [-0.25, -0.2) is 0 Å². The highest BCUT2D eigenvalue weighted by Crippen LogP contribution is 2.41. The van der Waals surface area contributed by atoms with E-state index in [4.69, 9.17) is 5.26 Å². The minimum atomic E-state index is -4.29. The van der Waals surface area contributed by atoms with Crippen LogP contribution in [-0.2, 0) is 4.79 Å². The van der Waals surface area contributed by atoms with Gasteiger partial charge in [-0.15, -0.1) is 0 Å². The van der Waals surface area contributed by atoms with E-state index in [1.807, 2.05) is 0 Å². The van der Waals surface area contributed by atoms with Crippen LogP contribution in [0.2, 0.25) is 0 Å². The summed E-state index contributed by atoms with van der Waals surface area (Å²) in [4.78, 5) is 14.3. The molecular weight excluding hydrogens is 307 g/mol. The highest BCUT2D eigenvalue weighted by atomic mass is 19.4. The van der Waals surface area contributed by atoms with Crippen LogP contribution in [0.25, 0.3) is 0 Å². The minimum absolute atomic E-state index is 0.0636. The molecule has 130 valence electrons. The number of nitrogens with zero attached hydrogens (tertiary/aromatic N) is 2. The lowest BCUT2D eigenvalue weighted by Crippen LogP contribution is -2.45. The van der Waals surface area contributed by atoms with Gasteiger partial charge in [-0.1, -0.05) is 12.8 Å². The van der Waals surface area contributed by atoms with E-state index in [0.29, 0.717) is 38.3 Å². The van der Waals surface area contributed by atoms with Crippen LogP contribution in [0.3, 0.4) is 0 Å². The highest BCUT2D eigenvalue weighted by Gasteiger charge is 2.48. The van der Waals surface area contributed by atoms with E-state index in [2.05, 4.69) is 16.3 Å². The van der Waals surface area contributed by atoms with Crippen LogP contribution in [0, 0.1) is 29.1 Å². The number of halogens is 3. The zero-order valence-electron chi connectivity index (χ0n) is 13.2. The van der Waals surface area contributed by atoms with E-state index in [1.54, 1.807) is 0 Å². The Labute approximate surface area is 135 Å². The molecule has 0 aromatic carbocycles. The summed E-state index contributed by atoms with van der Waals surface area (Å²) in [6.07, 6.45) is -0.914. The SMILES string of the molecule is N#CCN1CCC(CNC(=O)[C@@H]2CCCC[C@H]2C(F)(F)F)CC1. The van der Waals surface area contributed by atoms with Gasteiger partial charge in [-0.2, -0.15) is 18.4 Å². The summed E-state index contributed by atoms with van der Waals surface area (Å²) in [7, 11) is 0. The molecule has 23 heavy (non-hydrogen) atoms. The molecule has 1 saturated carbocycles.